The second kappa shape index (κ2) is 9.48. The summed E-state index contributed by atoms with van der Waals surface area (Å²) >= 11 is 0. The molecule has 1 heterocycles. The second-order valence-corrected chi connectivity index (χ2v) is 10.2. The van der Waals surface area contributed by atoms with Crippen molar-refractivity contribution in [2.75, 3.05) is 19.7 Å². The largest absolute Gasteiger partial charge is 0.490 e. The lowest BCUT2D eigenvalue weighted by molar-refractivity contribution is -0.118. The van der Waals surface area contributed by atoms with Gasteiger partial charge in [-0.2, -0.15) is 0 Å². The standard InChI is InChI=1S/C23H26FN3O5S/c1-15(18-7-8-20(24)21(12-18)32-14-17-5-6-17)26-33(30,31)19-4-2-3-16(11-19)9-10-27-13-22(28)25-23(27)29/h2-4,7-8,11-12,15,17,26H,5-6,9-10,13-14H2,1H3,(H,25,28,29)/t15-/m1/s1. The summed E-state index contributed by atoms with van der Waals surface area (Å²) < 4.78 is 48.2. The molecule has 1 aliphatic heterocycles. The predicted octanol–water partition coefficient (Wildman–Crippen LogP) is 2.75. The van der Waals surface area contributed by atoms with Gasteiger partial charge in [0, 0.05) is 12.6 Å². The lowest BCUT2D eigenvalue weighted by atomic mass is 10.1. The van der Waals surface area contributed by atoms with Crippen LogP contribution in [-0.2, 0) is 21.2 Å². The summed E-state index contributed by atoms with van der Waals surface area (Å²) in [6.07, 6.45) is 2.57. The predicted molar refractivity (Wildman–Crippen MR) is 119 cm³/mol. The molecule has 1 saturated carbocycles. The van der Waals surface area contributed by atoms with Gasteiger partial charge in [-0.25, -0.2) is 22.3 Å². The minimum Gasteiger partial charge on any atom is -0.490 e. The molecule has 0 aromatic heterocycles. The maximum atomic E-state index is 14.1. The lowest BCUT2D eigenvalue weighted by Crippen LogP contribution is -2.30. The summed E-state index contributed by atoms with van der Waals surface area (Å²) in [6.45, 7) is 2.44. The zero-order chi connectivity index (χ0) is 23.6. The van der Waals surface area contributed by atoms with Crippen LogP contribution in [0.4, 0.5) is 9.18 Å². The molecule has 2 N–H and O–H groups in total. The van der Waals surface area contributed by atoms with Gasteiger partial charge in [0.15, 0.2) is 11.6 Å². The van der Waals surface area contributed by atoms with Gasteiger partial charge in [0.25, 0.3) is 0 Å². The Morgan fingerprint density at radius 3 is 2.70 bits per heavy atom. The van der Waals surface area contributed by atoms with E-state index < -0.39 is 27.9 Å². The Hall–Kier alpha value is -2.98. The van der Waals surface area contributed by atoms with E-state index in [1.165, 1.54) is 29.2 Å². The van der Waals surface area contributed by atoms with Gasteiger partial charge in [0.05, 0.1) is 11.5 Å². The van der Waals surface area contributed by atoms with E-state index in [0.29, 0.717) is 31.1 Å². The summed E-state index contributed by atoms with van der Waals surface area (Å²) in [5.41, 5.74) is 1.31. The second-order valence-electron chi connectivity index (χ2n) is 8.46. The molecule has 2 aromatic carbocycles. The van der Waals surface area contributed by atoms with Gasteiger partial charge >= 0.3 is 6.03 Å². The van der Waals surface area contributed by atoms with Gasteiger partial charge in [-0.15, -0.1) is 0 Å². The van der Waals surface area contributed by atoms with E-state index in [2.05, 4.69) is 10.0 Å². The van der Waals surface area contributed by atoms with Crippen LogP contribution in [0.2, 0.25) is 0 Å². The molecule has 10 heteroatoms. The SMILES string of the molecule is C[C@@H](NS(=O)(=O)c1cccc(CCN2CC(=O)NC2=O)c1)c1ccc(F)c(OCC2CC2)c1. The highest BCUT2D eigenvalue weighted by molar-refractivity contribution is 7.89. The molecule has 1 aliphatic carbocycles. The van der Waals surface area contributed by atoms with Crippen molar-refractivity contribution in [2.24, 2.45) is 5.92 Å². The van der Waals surface area contributed by atoms with E-state index in [0.717, 1.165) is 18.4 Å². The lowest BCUT2D eigenvalue weighted by Gasteiger charge is -2.17. The molecule has 1 atom stereocenters. The van der Waals surface area contributed by atoms with Gasteiger partial charge in [-0.1, -0.05) is 18.2 Å². The van der Waals surface area contributed by atoms with Crippen LogP contribution in [0.15, 0.2) is 47.4 Å². The molecule has 3 amide bonds. The Kier molecular flexibility index (Phi) is 6.66. The van der Waals surface area contributed by atoms with Crippen LogP contribution in [0.5, 0.6) is 5.75 Å². The number of hydrogen-bond donors (Lipinski definition) is 2. The highest BCUT2D eigenvalue weighted by atomic mass is 32.2. The van der Waals surface area contributed by atoms with Gasteiger partial charge < -0.3 is 9.64 Å². The first-order valence-electron chi connectivity index (χ1n) is 10.8. The molecule has 0 radical (unpaired) electrons. The highest BCUT2D eigenvalue weighted by Crippen LogP contribution is 2.31. The fourth-order valence-electron chi connectivity index (χ4n) is 3.56. The van der Waals surface area contributed by atoms with Crippen LogP contribution in [0.1, 0.15) is 36.9 Å². The maximum absolute atomic E-state index is 14.1. The van der Waals surface area contributed by atoms with Crippen molar-refractivity contribution in [1.82, 2.24) is 14.9 Å². The first-order valence-corrected chi connectivity index (χ1v) is 12.3. The third-order valence-electron chi connectivity index (χ3n) is 5.71. The van der Waals surface area contributed by atoms with Crippen molar-refractivity contribution in [3.05, 3.63) is 59.4 Å². The molecule has 8 nitrogen and oxygen atoms in total. The topological polar surface area (TPSA) is 105 Å². The molecule has 0 spiro atoms. The van der Waals surface area contributed by atoms with Crippen molar-refractivity contribution in [3.8, 4) is 5.75 Å². The molecular formula is C23H26FN3O5S. The van der Waals surface area contributed by atoms with Crippen molar-refractivity contribution < 1.29 is 27.1 Å². The summed E-state index contributed by atoms with van der Waals surface area (Å²) in [7, 11) is -3.86. The van der Waals surface area contributed by atoms with Gasteiger partial charge in [0.1, 0.15) is 6.54 Å². The number of imide groups is 1. The van der Waals surface area contributed by atoms with E-state index in [4.69, 9.17) is 4.74 Å². The third kappa shape index (κ3) is 5.88. The number of ether oxygens (including phenoxy) is 1. The summed E-state index contributed by atoms with van der Waals surface area (Å²) in [6, 6.07) is 9.71. The molecular weight excluding hydrogens is 449 g/mol. The smallest absolute Gasteiger partial charge is 0.324 e. The van der Waals surface area contributed by atoms with E-state index >= 15 is 0 Å². The summed E-state index contributed by atoms with van der Waals surface area (Å²) in [5, 5.41) is 2.21. The number of urea groups is 1. The Bertz CT molecular complexity index is 1170. The highest BCUT2D eigenvalue weighted by Gasteiger charge is 2.26. The maximum Gasteiger partial charge on any atom is 0.324 e. The first kappa shape index (κ1) is 23.2. The molecule has 1 saturated heterocycles. The molecule has 33 heavy (non-hydrogen) atoms. The van der Waals surface area contributed by atoms with Crippen molar-refractivity contribution in [1.29, 1.82) is 0 Å². The molecule has 4 rings (SSSR count). The molecule has 0 unspecified atom stereocenters. The van der Waals surface area contributed by atoms with Crippen LogP contribution in [0.3, 0.4) is 0 Å². The van der Waals surface area contributed by atoms with Crippen LogP contribution < -0.4 is 14.8 Å². The van der Waals surface area contributed by atoms with E-state index in [1.54, 1.807) is 25.1 Å². The number of sulfonamides is 1. The van der Waals surface area contributed by atoms with Crippen LogP contribution in [0.25, 0.3) is 0 Å². The van der Waals surface area contributed by atoms with Crippen molar-refractivity contribution in [3.63, 3.8) is 0 Å². The van der Waals surface area contributed by atoms with Gasteiger partial charge in [0.2, 0.25) is 15.9 Å². The molecule has 2 aromatic rings. The normalized spacial score (nSPS) is 17.2. The number of amides is 3. The van der Waals surface area contributed by atoms with Crippen LogP contribution in [-0.4, -0.2) is 45.0 Å². The number of carbonyl (C=O) groups is 2. The summed E-state index contributed by atoms with van der Waals surface area (Å²) in [4.78, 5) is 24.4. The average Bonchev–Trinajstić information content (AvgIpc) is 3.54. The Morgan fingerprint density at radius 2 is 2.00 bits per heavy atom. The molecule has 2 aliphatic rings. The van der Waals surface area contributed by atoms with Crippen molar-refractivity contribution in [2.45, 2.75) is 37.1 Å². The number of rotatable bonds is 10. The van der Waals surface area contributed by atoms with Gasteiger partial charge in [-0.05, 0) is 67.5 Å². The molecule has 2 fully saturated rings. The van der Waals surface area contributed by atoms with Crippen molar-refractivity contribution >= 4 is 22.0 Å². The molecule has 176 valence electrons. The zero-order valence-corrected chi connectivity index (χ0v) is 19.0. The number of benzene rings is 2. The Morgan fingerprint density at radius 1 is 1.21 bits per heavy atom. The van der Waals surface area contributed by atoms with E-state index in [9.17, 15) is 22.4 Å². The number of nitrogens with one attached hydrogen (secondary N) is 2. The fourth-order valence-corrected chi connectivity index (χ4v) is 4.86. The van der Waals surface area contributed by atoms with Gasteiger partial charge in [-0.3, -0.25) is 10.1 Å². The third-order valence-corrected chi connectivity index (χ3v) is 7.24. The quantitative estimate of drug-likeness (QED) is 0.514. The minimum atomic E-state index is -3.86. The monoisotopic (exact) mass is 475 g/mol. The fraction of sp³-hybridized carbons (Fsp3) is 0.391. The summed E-state index contributed by atoms with van der Waals surface area (Å²) in [5.74, 6) is -0.236. The van der Waals surface area contributed by atoms with E-state index in [1.807, 2.05) is 0 Å². The number of halogens is 1. The first-order chi connectivity index (χ1) is 15.7. The van der Waals surface area contributed by atoms with E-state index in [-0.39, 0.29) is 23.1 Å². The van der Waals surface area contributed by atoms with Crippen LogP contribution >= 0.6 is 0 Å². The Labute approximate surface area is 192 Å². The number of carbonyl (C=O) groups excluding carboxylic acids is 2. The Balaban J connectivity index is 1.41. The minimum absolute atomic E-state index is 0.0000778. The number of hydrogen-bond acceptors (Lipinski definition) is 5. The average molecular weight is 476 g/mol. The number of nitrogens with zero attached hydrogens (tertiary/aromatic N) is 1. The molecule has 0 bridgehead atoms. The van der Waals surface area contributed by atoms with Crippen LogP contribution in [0, 0.1) is 11.7 Å². The zero-order valence-electron chi connectivity index (χ0n) is 18.2.